The number of aromatic nitrogens is 2. The third kappa shape index (κ3) is 7.04. The van der Waals surface area contributed by atoms with E-state index in [1.165, 1.54) is 6.07 Å². The summed E-state index contributed by atoms with van der Waals surface area (Å²) >= 11 is 0. The molecule has 2 amide bonds. The predicted molar refractivity (Wildman–Crippen MR) is 160 cm³/mol. The number of alkyl halides is 2. The third-order valence-corrected chi connectivity index (χ3v) is 8.25. The maximum atomic E-state index is 15.4. The predicted octanol–water partition coefficient (Wildman–Crippen LogP) is 6.03. The van der Waals surface area contributed by atoms with E-state index in [2.05, 4.69) is 15.5 Å². The number of nitrogens with one attached hydrogen (secondary N) is 1. The van der Waals surface area contributed by atoms with Crippen LogP contribution in [0, 0.1) is 11.7 Å². The van der Waals surface area contributed by atoms with Gasteiger partial charge in [-0.2, -0.15) is 10.2 Å². The summed E-state index contributed by atoms with van der Waals surface area (Å²) in [7, 11) is 0. The van der Waals surface area contributed by atoms with E-state index in [4.69, 9.17) is 4.74 Å². The highest BCUT2D eigenvalue weighted by atomic mass is 19.3. The van der Waals surface area contributed by atoms with Gasteiger partial charge in [0.25, 0.3) is 11.8 Å². The van der Waals surface area contributed by atoms with Crippen LogP contribution in [0.5, 0.6) is 11.5 Å². The van der Waals surface area contributed by atoms with Gasteiger partial charge in [0, 0.05) is 37.2 Å². The van der Waals surface area contributed by atoms with Crippen LogP contribution in [-0.4, -0.2) is 70.0 Å². The van der Waals surface area contributed by atoms with Gasteiger partial charge in [-0.15, -0.1) is 0 Å². The molecule has 1 aromatic heterocycles. The van der Waals surface area contributed by atoms with Gasteiger partial charge in [-0.3, -0.25) is 14.5 Å². The van der Waals surface area contributed by atoms with E-state index in [0.29, 0.717) is 43.1 Å². The Hall–Kier alpha value is -3.99. The lowest BCUT2D eigenvalue weighted by molar-refractivity contribution is -0.128. The summed E-state index contributed by atoms with van der Waals surface area (Å²) in [6.45, 7) is 8.85. The van der Waals surface area contributed by atoms with Crippen molar-refractivity contribution in [3.05, 3.63) is 71.2 Å². The summed E-state index contributed by atoms with van der Waals surface area (Å²) < 4.78 is 51.2. The van der Waals surface area contributed by atoms with E-state index in [1.807, 2.05) is 45.0 Å². The van der Waals surface area contributed by atoms with Crippen molar-refractivity contribution in [3.63, 3.8) is 0 Å². The number of likely N-dealkylation sites (tertiary alicyclic amines) is 2. The first-order valence-corrected chi connectivity index (χ1v) is 15.1. The minimum atomic E-state index is -3.16. The van der Waals surface area contributed by atoms with Crippen molar-refractivity contribution >= 4 is 11.8 Å². The van der Waals surface area contributed by atoms with Gasteiger partial charge in [-0.25, -0.2) is 13.2 Å². The fourth-order valence-corrected chi connectivity index (χ4v) is 5.63. The van der Waals surface area contributed by atoms with Gasteiger partial charge in [0.05, 0.1) is 29.5 Å². The number of hydrogen-bond donors (Lipinski definition) is 1. The minimum absolute atomic E-state index is 0.0435. The highest BCUT2D eigenvalue weighted by molar-refractivity contribution is 5.95. The lowest BCUT2D eigenvalue weighted by atomic mass is 9.99. The standard InChI is InChI=1S/C33H38F3N5O3/c1-5-40-13-12-30(33(35,36)19-40)37-32(43)25-16-29(23(15-26(25)34)18-41-17-21(4)14-31(41)42)44-24-8-6-22(7-9-24)28-11-10-27(20(2)3)38-39-28/h6-11,15-16,20-21,30H,5,12-14,17-19H2,1-4H3,(H,37,43)/t21-,30+/m0/s1. The molecule has 0 spiro atoms. The maximum absolute atomic E-state index is 15.4. The molecule has 3 heterocycles. The molecule has 5 rings (SSSR count). The van der Waals surface area contributed by atoms with Crippen molar-refractivity contribution in [2.24, 2.45) is 5.92 Å². The second-order valence-electron chi connectivity index (χ2n) is 12.1. The van der Waals surface area contributed by atoms with Crippen molar-refractivity contribution in [2.75, 3.05) is 26.2 Å². The first-order valence-electron chi connectivity index (χ1n) is 15.1. The molecule has 2 aromatic carbocycles. The third-order valence-electron chi connectivity index (χ3n) is 8.25. The summed E-state index contributed by atoms with van der Waals surface area (Å²) in [5.41, 5.74) is 2.34. The molecule has 1 N–H and O–H groups in total. The second kappa shape index (κ2) is 12.9. The molecule has 0 aliphatic carbocycles. The summed E-state index contributed by atoms with van der Waals surface area (Å²) in [6, 6.07) is 11.8. The molecule has 8 nitrogen and oxygen atoms in total. The number of carbonyl (C=O) groups is 2. The average molecular weight is 610 g/mol. The Balaban J connectivity index is 1.40. The molecule has 0 unspecified atom stereocenters. The fraction of sp³-hybridized carbons (Fsp3) is 0.455. The molecule has 0 saturated carbocycles. The Kier molecular flexibility index (Phi) is 9.24. The highest BCUT2D eigenvalue weighted by Gasteiger charge is 2.45. The number of amides is 2. The average Bonchev–Trinajstić information content (AvgIpc) is 3.31. The molecular weight excluding hydrogens is 571 g/mol. The molecule has 2 aliphatic rings. The number of nitrogens with zero attached hydrogens (tertiary/aromatic N) is 4. The Morgan fingerprint density at radius 1 is 1.14 bits per heavy atom. The zero-order chi connectivity index (χ0) is 31.6. The normalized spacial score (nSPS) is 20.3. The van der Waals surface area contributed by atoms with Crippen molar-refractivity contribution in [1.82, 2.24) is 25.3 Å². The van der Waals surface area contributed by atoms with Crippen molar-refractivity contribution in [3.8, 4) is 22.8 Å². The lowest BCUT2D eigenvalue weighted by Gasteiger charge is -2.38. The molecule has 3 aromatic rings. The molecule has 234 valence electrons. The Morgan fingerprint density at radius 3 is 2.48 bits per heavy atom. The van der Waals surface area contributed by atoms with E-state index in [9.17, 15) is 18.4 Å². The van der Waals surface area contributed by atoms with Crippen LogP contribution in [0.1, 0.15) is 68.1 Å². The van der Waals surface area contributed by atoms with Crippen LogP contribution in [0.15, 0.2) is 48.5 Å². The van der Waals surface area contributed by atoms with Crippen LogP contribution in [0.3, 0.4) is 0 Å². The topological polar surface area (TPSA) is 87.7 Å². The molecule has 2 atom stereocenters. The number of hydrogen-bond acceptors (Lipinski definition) is 6. The highest BCUT2D eigenvalue weighted by Crippen LogP contribution is 2.33. The number of ether oxygens (including phenoxy) is 1. The summed E-state index contributed by atoms with van der Waals surface area (Å²) in [5.74, 6) is -4.06. The molecule has 0 bridgehead atoms. The molecule has 44 heavy (non-hydrogen) atoms. The van der Waals surface area contributed by atoms with Gasteiger partial charge in [-0.05, 0) is 73.3 Å². The Bertz CT molecular complexity index is 1500. The van der Waals surface area contributed by atoms with Gasteiger partial charge in [0.2, 0.25) is 5.91 Å². The van der Waals surface area contributed by atoms with Crippen LogP contribution in [0.25, 0.3) is 11.3 Å². The van der Waals surface area contributed by atoms with Crippen LogP contribution >= 0.6 is 0 Å². The summed E-state index contributed by atoms with van der Waals surface area (Å²) in [4.78, 5) is 28.9. The maximum Gasteiger partial charge on any atom is 0.280 e. The largest absolute Gasteiger partial charge is 0.457 e. The van der Waals surface area contributed by atoms with Gasteiger partial charge in [-0.1, -0.05) is 27.7 Å². The second-order valence-corrected chi connectivity index (χ2v) is 12.1. The van der Waals surface area contributed by atoms with Crippen LogP contribution < -0.4 is 10.1 Å². The van der Waals surface area contributed by atoms with Crippen LogP contribution in [0.4, 0.5) is 13.2 Å². The van der Waals surface area contributed by atoms with Crippen LogP contribution in [0.2, 0.25) is 0 Å². The van der Waals surface area contributed by atoms with Crippen molar-refractivity contribution in [2.45, 2.75) is 65.0 Å². The van der Waals surface area contributed by atoms with Crippen molar-refractivity contribution < 1.29 is 27.5 Å². The molecule has 2 aliphatic heterocycles. The molecule has 11 heteroatoms. The number of benzene rings is 2. The monoisotopic (exact) mass is 609 g/mol. The van der Waals surface area contributed by atoms with Gasteiger partial charge < -0.3 is 15.0 Å². The van der Waals surface area contributed by atoms with Gasteiger partial charge >= 0.3 is 0 Å². The van der Waals surface area contributed by atoms with E-state index < -0.39 is 35.8 Å². The van der Waals surface area contributed by atoms with Crippen LogP contribution in [-0.2, 0) is 11.3 Å². The number of halogens is 3. The first-order chi connectivity index (χ1) is 20.9. The zero-order valence-corrected chi connectivity index (χ0v) is 25.4. The number of carbonyl (C=O) groups excluding carboxylic acids is 2. The molecule has 2 fully saturated rings. The quantitative estimate of drug-likeness (QED) is 0.319. The fourth-order valence-electron chi connectivity index (χ4n) is 5.63. The first kappa shape index (κ1) is 31.4. The Labute approximate surface area is 255 Å². The molecule has 2 saturated heterocycles. The number of rotatable bonds is 9. The SMILES string of the molecule is CCN1CC[C@@H](NC(=O)c2cc(Oc3ccc(-c4ccc(C(C)C)nn4)cc3)c(CN3C[C@@H](C)CC3=O)cc2F)C(F)(F)C1. The van der Waals surface area contributed by atoms with E-state index in [1.54, 1.807) is 28.9 Å². The summed E-state index contributed by atoms with van der Waals surface area (Å²) in [5, 5.41) is 10.9. The lowest BCUT2D eigenvalue weighted by Crippen LogP contribution is -2.58. The molecule has 0 radical (unpaired) electrons. The molecular formula is C33H38F3N5O3. The smallest absolute Gasteiger partial charge is 0.280 e. The Morgan fingerprint density at radius 2 is 1.89 bits per heavy atom. The zero-order valence-electron chi connectivity index (χ0n) is 25.4. The number of piperidine rings is 1. The summed E-state index contributed by atoms with van der Waals surface area (Å²) in [6.07, 6.45) is 0.439. The van der Waals surface area contributed by atoms with E-state index in [-0.39, 0.29) is 36.5 Å². The minimum Gasteiger partial charge on any atom is -0.457 e. The van der Waals surface area contributed by atoms with Crippen molar-refractivity contribution in [1.29, 1.82) is 0 Å². The van der Waals surface area contributed by atoms with E-state index >= 15 is 4.39 Å². The van der Waals surface area contributed by atoms with E-state index in [0.717, 1.165) is 17.3 Å². The van der Waals surface area contributed by atoms with Gasteiger partial charge in [0.1, 0.15) is 17.3 Å². The van der Waals surface area contributed by atoms with Gasteiger partial charge in [0.15, 0.2) is 0 Å².